The van der Waals surface area contributed by atoms with Gasteiger partial charge in [0.1, 0.15) is 0 Å². The highest BCUT2D eigenvalue weighted by Gasteiger charge is 2.73. The van der Waals surface area contributed by atoms with E-state index in [4.69, 9.17) is 0 Å². The molecule has 0 aromatic heterocycles. The van der Waals surface area contributed by atoms with Gasteiger partial charge in [-0.15, -0.1) is 0 Å². The summed E-state index contributed by atoms with van der Waals surface area (Å²) in [5.41, 5.74) is -7.12. The summed E-state index contributed by atoms with van der Waals surface area (Å²) in [6.45, 7) is 1.10. The molecule has 0 aliphatic rings. The van der Waals surface area contributed by atoms with Crippen LogP contribution in [0.3, 0.4) is 0 Å². The quantitative estimate of drug-likeness (QED) is 0.824. The molecule has 0 bridgehead atoms. The molecular formula is C11H8F7NO. The lowest BCUT2D eigenvalue weighted by molar-refractivity contribution is -0.348. The summed E-state index contributed by atoms with van der Waals surface area (Å²) in [7, 11) is 0. The van der Waals surface area contributed by atoms with E-state index in [9.17, 15) is 35.5 Å². The lowest BCUT2D eigenvalue weighted by atomic mass is 9.94. The van der Waals surface area contributed by atoms with Crippen molar-refractivity contribution >= 4 is 11.6 Å². The Labute approximate surface area is 108 Å². The summed E-state index contributed by atoms with van der Waals surface area (Å²) >= 11 is 0. The fourth-order valence-corrected chi connectivity index (χ4v) is 1.47. The van der Waals surface area contributed by atoms with Gasteiger partial charge in [-0.2, -0.15) is 26.3 Å². The van der Waals surface area contributed by atoms with E-state index in [-0.39, 0.29) is 5.69 Å². The Bertz CT molecular complexity index is 475. The Hall–Kier alpha value is -1.80. The van der Waals surface area contributed by atoms with Crippen molar-refractivity contribution in [1.29, 1.82) is 0 Å². The van der Waals surface area contributed by atoms with Crippen LogP contribution in [-0.2, 0) is 10.5 Å². The minimum atomic E-state index is -6.15. The van der Waals surface area contributed by atoms with E-state index < -0.39 is 29.5 Å². The summed E-state index contributed by atoms with van der Waals surface area (Å²) in [4.78, 5) is 10.7. The molecule has 0 heterocycles. The highest BCUT2D eigenvalue weighted by molar-refractivity contribution is 5.88. The molecule has 0 aliphatic heterocycles. The smallest absolute Gasteiger partial charge is 0.326 e. The number of rotatable bonds is 2. The van der Waals surface area contributed by atoms with Crippen LogP contribution in [0.4, 0.5) is 36.4 Å². The standard InChI is InChI=1S/C11H8F7NO/c1-6(20)19-8-4-2-7(3-5-8)9(12,10(13,14)15)11(16,17)18/h2-5H,1H3,(H,19,20). The first-order valence-electron chi connectivity index (χ1n) is 5.10. The van der Waals surface area contributed by atoms with Crippen LogP contribution in [0.5, 0.6) is 0 Å². The van der Waals surface area contributed by atoms with Crippen LogP contribution in [0.25, 0.3) is 0 Å². The summed E-state index contributed by atoms with van der Waals surface area (Å²) in [6, 6.07) is 2.16. The number of alkyl halides is 7. The van der Waals surface area contributed by atoms with Gasteiger partial charge in [-0.1, -0.05) is 12.1 Å². The Balaban J connectivity index is 3.27. The van der Waals surface area contributed by atoms with Crippen molar-refractivity contribution in [1.82, 2.24) is 0 Å². The third-order valence-corrected chi connectivity index (χ3v) is 2.38. The van der Waals surface area contributed by atoms with Crippen LogP contribution in [0, 0.1) is 0 Å². The maximum absolute atomic E-state index is 13.6. The molecule has 1 N–H and O–H groups in total. The Morgan fingerprint density at radius 2 is 1.30 bits per heavy atom. The number of halogens is 7. The number of nitrogens with one attached hydrogen (secondary N) is 1. The number of hydrogen-bond acceptors (Lipinski definition) is 1. The molecule has 0 saturated heterocycles. The highest BCUT2D eigenvalue weighted by atomic mass is 19.4. The van der Waals surface area contributed by atoms with Gasteiger partial charge >= 0.3 is 18.0 Å². The molecule has 0 aliphatic carbocycles. The van der Waals surface area contributed by atoms with Crippen molar-refractivity contribution in [2.45, 2.75) is 24.9 Å². The molecule has 112 valence electrons. The normalized spacial score (nSPS) is 13.2. The molecule has 0 radical (unpaired) electrons. The van der Waals surface area contributed by atoms with Gasteiger partial charge in [0.2, 0.25) is 5.91 Å². The summed E-state index contributed by atoms with van der Waals surface area (Å²) < 4.78 is 88.2. The van der Waals surface area contributed by atoms with Crippen LogP contribution < -0.4 is 5.32 Å². The lowest BCUT2D eigenvalue weighted by Crippen LogP contribution is -2.50. The molecular weight excluding hydrogens is 295 g/mol. The predicted octanol–water partition coefficient (Wildman–Crippen LogP) is 3.93. The second kappa shape index (κ2) is 4.95. The molecule has 0 saturated carbocycles. The van der Waals surface area contributed by atoms with E-state index in [0.29, 0.717) is 12.1 Å². The first kappa shape index (κ1) is 16.3. The maximum Gasteiger partial charge on any atom is 0.435 e. The number of carbonyl (C=O) groups excluding carboxylic acids is 1. The lowest BCUT2D eigenvalue weighted by Gasteiger charge is -2.30. The van der Waals surface area contributed by atoms with E-state index in [2.05, 4.69) is 5.32 Å². The fourth-order valence-electron chi connectivity index (χ4n) is 1.47. The molecule has 0 spiro atoms. The van der Waals surface area contributed by atoms with Crippen molar-refractivity contribution in [2.24, 2.45) is 0 Å². The number of amides is 1. The van der Waals surface area contributed by atoms with Crippen molar-refractivity contribution in [3.8, 4) is 0 Å². The van der Waals surface area contributed by atoms with Crippen molar-refractivity contribution in [3.63, 3.8) is 0 Å². The molecule has 0 unspecified atom stereocenters. The molecule has 1 aromatic carbocycles. The molecule has 20 heavy (non-hydrogen) atoms. The first-order valence-corrected chi connectivity index (χ1v) is 5.10. The van der Waals surface area contributed by atoms with E-state index in [0.717, 1.165) is 19.1 Å². The first-order chi connectivity index (χ1) is 8.89. The van der Waals surface area contributed by atoms with E-state index >= 15 is 0 Å². The van der Waals surface area contributed by atoms with Crippen LogP contribution in [0.15, 0.2) is 24.3 Å². The summed E-state index contributed by atoms with van der Waals surface area (Å²) in [5, 5.41) is 2.14. The second-order valence-corrected chi connectivity index (χ2v) is 3.91. The van der Waals surface area contributed by atoms with Crippen LogP contribution in [0.2, 0.25) is 0 Å². The van der Waals surface area contributed by atoms with E-state index in [1.54, 1.807) is 0 Å². The summed E-state index contributed by atoms with van der Waals surface area (Å²) in [5.74, 6) is -0.573. The maximum atomic E-state index is 13.6. The zero-order chi connectivity index (χ0) is 15.8. The van der Waals surface area contributed by atoms with Gasteiger partial charge in [0.25, 0.3) is 0 Å². The van der Waals surface area contributed by atoms with Gasteiger partial charge in [-0.3, -0.25) is 4.79 Å². The Morgan fingerprint density at radius 3 is 1.60 bits per heavy atom. The van der Waals surface area contributed by atoms with Crippen molar-refractivity contribution in [2.75, 3.05) is 5.32 Å². The van der Waals surface area contributed by atoms with Gasteiger partial charge < -0.3 is 5.32 Å². The topological polar surface area (TPSA) is 29.1 Å². The average molecular weight is 303 g/mol. The molecule has 1 aromatic rings. The number of anilines is 1. The summed E-state index contributed by atoms with van der Waals surface area (Å²) in [6.07, 6.45) is -12.3. The van der Waals surface area contributed by atoms with Gasteiger partial charge in [0.05, 0.1) is 0 Å². The molecule has 1 rings (SSSR count). The van der Waals surface area contributed by atoms with E-state index in [1.807, 2.05) is 0 Å². The predicted molar refractivity (Wildman–Crippen MR) is 55.6 cm³/mol. The van der Waals surface area contributed by atoms with Gasteiger partial charge in [0, 0.05) is 18.2 Å². The molecule has 9 heteroatoms. The molecule has 2 nitrogen and oxygen atoms in total. The van der Waals surface area contributed by atoms with E-state index in [1.165, 1.54) is 0 Å². The average Bonchev–Trinajstić information content (AvgIpc) is 2.25. The van der Waals surface area contributed by atoms with Crippen LogP contribution in [-0.4, -0.2) is 18.3 Å². The van der Waals surface area contributed by atoms with Crippen molar-refractivity contribution < 1.29 is 35.5 Å². The number of benzene rings is 1. The zero-order valence-electron chi connectivity index (χ0n) is 9.86. The molecule has 0 atom stereocenters. The number of hydrogen-bond donors (Lipinski definition) is 1. The number of carbonyl (C=O) groups is 1. The second-order valence-electron chi connectivity index (χ2n) is 3.91. The van der Waals surface area contributed by atoms with Crippen LogP contribution >= 0.6 is 0 Å². The monoisotopic (exact) mass is 303 g/mol. The van der Waals surface area contributed by atoms with Crippen LogP contribution in [0.1, 0.15) is 12.5 Å². The fraction of sp³-hybridized carbons (Fsp3) is 0.364. The SMILES string of the molecule is CC(=O)Nc1ccc(C(F)(C(F)(F)F)C(F)(F)F)cc1. The van der Waals surface area contributed by atoms with Crippen molar-refractivity contribution in [3.05, 3.63) is 29.8 Å². The largest absolute Gasteiger partial charge is 0.435 e. The van der Waals surface area contributed by atoms with Gasteiger partial charge in [-0.05, 0) is 12.1 Å². The van der Waals surface area contributed by atoms with Gasteiger partial charge in [-0.25, -0.2) is 4.39 Å². The van der Waals surface area contributed by atoms with Gasteiger partial charge in [0.15, 0.2) is 0 Å². The minimum absolute atomic E-state index is 0.0482. The Morgan fingerprint density at radius 1 is 0.900 bits per heavy atom. The highest BCUT2D eigenvalue weighted by Crippen LogP contribution is 2.53. The third-order valence-electron chi connectivity index (χ3n) is 2.38. The third kappa shape index (κ3) is 2.86. The minimum Gasteiger partial charge on any atom is -0.326 e. The molecule has 1 amide bonds. The zero-order valence-corrected chi connectivity index (χ0v) is 9.86. The Kier molecular flexibility index (Phi) is 4.02. The molecule has 0 fully saturated rings.